The van der Waals surface area contributed by atoms with Gasteiger partial charge in [-0.15, -0.1) is 0 Å². The van der Waals surface area contributed by atoms with E-state index in [4.69, 9.17) is 0 Å². The van der Waals surface area contributed by atoms with Crippen LogP contribution in [0.25, 0.3) is 0 Å². The van der Waals surface area contributed by atoms with Gasteiger partial charge in [0.15, 0.2) is 0 Å². The van der Waals surface area contributed by atoms with E-state index in [1.54, 1.807) is 0 Å². The first-order valence-electron chi connectivity index (χ1n) is 12.3. The Kier molecular flexibility index (Phi) is 6.34. The van der Waals surface area contributed by atoms with Crippen LogP contribution in [0, 0.1) is 0 Å². The minimum atomic E-state index is -0.119. The van der Waals surface area contributed by atoms with Crippen molar-refractivity contribution in [2.75, 3.05) is 29.9 Å². The summed E-state index contributed by atoms with van der Waals surface area (Å²) in [5.41, 5.74) is 7.66. The fourth-order valence-electron chi connectivity index (χ4n) is 5.48. The molecule has 2 aliphatic heterocycles. The SMILES string of the molecule is CCCCNC(=O)Nc1cc2c3c(c1)C(c1ccccc1)CCN3CCC2c1ccccc1. The Morgan fingerprint density at radius 1 is 0.879 bits per heavy atom. The molecule has 0 bridgehead atoms. The number of nitrogens with one attached hydrogen (secondary N) is 2. The Labute approximate surface area is 197 Å². The van der Waals surface area contributed by atoms with Gasteiger partial charge in [-0.1, -0.05) is 74.0 Å². The molecule has 2 unspecified atom stereocenters. The van der Waals surface area contributed by atoms with Crippen LogP contribution in [0.1, 0.15) is 66.7 Å². The number of carbonyl (C=O) groups is 1. The second-order valence-electron chi connectivity index (χ2n) is 9.23. The summed E-state index contributed by atoms with van der Waals surface area (Å²) in [7, 11) is 0. The van der Waals surface area contributed by atoms with Crippen LogP contribution in [0.4, 0.5) is 16.2 Å². The largest absolute Gasteiger partial charge is 0.371 e. The quantitative estimate of drug-likeness (QED) is 0.431. The number of hydrogen-bond acceptors (Lipinski definition) is 2. The van der Waals surface area contributed by atoms with Gasteiger partial charge < -0.3 is 15.5 Å². The number of hydrogen-bond donors (Lipinski definition) is 2. The van der Waals surface area contributed by atoms with Crippen molar-refractivity contribution in [1.29, 1.82) is 0 Å². The smallest absolute Gasteiger partial charge is 0.319 e. The topological polar surface area (TPSA) is 44.4 Å². The molecule has 2 N–H and O–H groups in total. The number of benzene rings is 3. The zero-order valence-corrected chi connectivity index (χ0v) is 19.4. The van der Waals surface area contributed by atoms with Crippen molar-refractivity contribution in [3.63, 3.8) is 0 Å². The summed E-state index contributed by atoms with van der Waals surface area (Å²) >= 11 is 0. The van der Waals surface area contributed by atoms with Crippen molar-refractivity contribution in [2.24, 2.45) is 0 Å². The highest BCUT2D eigenvalue weighted by Gasteiger charge is 2.35. The second kappa shape index (κ2) is 9.70. The molecule has 170 valence electrons. The number of carbonyl (C=O) groups excluding carboxylic acids is 1. The Bertz CT molecular complexity index is 1020. The van der Waals surface area contributed by atoms with Gasteiger partial charge in [0.05, 0.1) is 0 Å². The van der Waals surface area contributed by atoms with Crippen molar-refractivity contribution < 1.29 is 4.79 Å². The number of amides is 2. The zero-order chi connectivity index (χ0) is 22.6. The molecule has 2 heterocycles. The third-order valence-corrected chi connectivity index (χ3v) is 7.09. The van der Waals surface area contributed by atoms with Crippen LogP contribution >= 0.6 is 0 Å². The lowest BCUT2D eigenvalue weighted by molar-refractivity contribution is 0.252. The number of rotatable bonds is 6. The van der Waals surface area contributed by atoms with E-state index in [9.17, 15) is 4.79 Å². The van der Waals surface area contributed by atoms with E-state index >= 15 is 0 Å². The molecule has 0 saturated carbocycles. The molecule has 3 aromatic carbocycles. The van der Waals surface area contributed by atoms with Gasteiger partial charge in [0.1, 0.15) is 0 Å². The van der Waals surface area contributed by atoms with Crippen LogP contribution in [-0.4, -0.2) is 25.7 Å². The summed E-state index contributed by atoms with van der Waals surface area (Å²) in [5, 5.41) is 6.14. The van der Waals surface area contributed by atoms with Gasteiger partial charge in [-0.2, -0.15) is 0 Å². The summed E-state index contributed by atoms with van der Waals surface area (Å²) in [6, 6.07) is 25.9. The zero-order valence-electron chi connectivity index (χ0n) is 19.4. The molecule has 4 heteroatoms. The predicted molar refractivity (Wildman–Crippen MR) is 136 cm³/mol. The molecule has 0 aromatic heterocycles. The summed E-state index contributed by atoms with van der Waals surface area (Å²) in [6.07, 6.45) is 4.25. The first kappa shape index (κ1) is 21.6. The van der Waals surface area contributed by atoms with Gasteiger partial charge in [-0.05, 0) is 53.6 Å². The molecular formula is C29H33N3O. The van der Waals surface area contributed by atoms with E-state index in [2.05, 4.69) is 95.3 Å². The first-order valence-corrected chi connectivity index (χ1v) is 12.3. The summed E-state index contributed by atoms with van der Waals surface area (Å²) in [4.78, 5) is 15.2. The second-order valence-corrected chi connectivity index (χ2v) is 9.23. The number of anilines is 2. The molecular weight excluding hydrogens is 406 g/mol. The molecule has 0 spiro atoms. The molecule has 0 fully saturated rings. The molecule has 0 aliphatic carbocycles. The van der Waals surface area contributed by atoms with E-state index in [1.807, 2.05) is 0 Å². The minimum Gasteiger partial charge on any atom is -0.371 e. The van der Waals surface area contributed by atoms with Crippen LogP contribution in [0.5, 0.6) is 0 Å². The van der Waals surface area contributed by atoms with Crippen molar-refractivity contribution in [2.45, 2.75) is 44.4 Å². The third kappa shape index (κ3) is 4.47. The fourth-order valence-corrected chi connectivity index (χ4v) is 5.48. The maximum absolute atomic E-state index is 12.6. The molecule has 2 atom stereocenters. The lowest BCUT2D eigenvalue weighted by atomic mass is 9.76. The standard InChI is InChI=1S/C29H33N3O/c1-2-3-16-30-29(33)31-23-19-26-24(21-10-6-4-7-11-21)14-17-32-18-15-25(27(20-23)28(26)32)22-12-8-5-9-13-22/h4-13,19-20,24-25H,2-3,14-18H2,1H3,(H2,30,31,33). The molecule has 0 radical (unpaired) electrons. The van der Waals surface area contributed by atoms with Gasteiger partial charge in [-0.25, -0.2) is 4.79 Å². The van der Waals surface area contributed by atoms with Crippen LogP contribution in [0.2, 0.25) is 0 Å². The molecule has 4 nitrogen and oxygen atoms in total. The first-order chi connectivity index (χ1) is 16.2. The monoisotopic (exact) mass is 439 g/mol. The highest BCUT2D eigenvalue weighted by molar-refractivity contribution is 5.90. The Morgan fingerprint density at radius 3 is 1.94 bits per heavy atom. The van der Waals surface area contributed by atoms with Gasteiger partial charge in [0, 0.05) is 42.8 Å². The average Bonchev–Trinajstić information content (AvgIpc) is 2.85. The van der Waals surface area contributed by atoms with E-state index in [-0.39, 0.29) is 6.03 Å². The van der Waals surface area contributed by atoms with Crippen molar-refractivity contribution in [3.8, 4) is 0 Å². The van der Waals surface area contributed by atoms with E-state index in [0.29, 0.717) is 18.4 Å². The lowest BCUT2D eigenvalue weighted by Crippen LogP contribution is -2.38. The Morgan fingerprint density at radius 2 is 1.42 bits per heavy atom. The van der Waals surface area contributed by atoms with Crippen molar-refractivity contribution in [1.82, 2.24) is 5.32 Å². The van der Waals surface area contributed by atoms with E-state index < -0.39 is 0 Å². The number of nitrogens with zero attached hydrogens (tertiary/aromatic N) is 1. The lowest BCUT2D eigenvalue weighted by Gasteiger charge is -2.43. The maximum Gasteiger partial charge on any atom is 0.319 e. The molecule has 5 rings (SSSR count). The average molecular weight is 440 g/mol. The molecule has 33 heavy (non-hydrogen) atoms. The molecule has 3 aromatic rings. The summed E-state index contributed by atoms with van der Waals surface area (Å²) in [5.74, 6) is 0.686. The molecule has 2 aliphatic rings. The molecule has 2 amide bonds. The maximum atomic E-state index is 12.6. The Balaban J connectivity index is 1.58. The normalized spacial score (nSPS) is 19.0. The van der Waals surface area contributed by atoms with Crippen LogP contribution in [-0.2, 0) is 0 Å². The molecule has 0 saturated heterocycles. The van der Waals surface area contributed by atoms with Gasteiger partial charge >= 0.3 is 6.03 Å². The highest BCUT2D eigenvalue weighted by Crippen LogP contribution is 2.49. The van der Waals surface area contributed by atoms with Crippen LogP contribution < -0.4 is 15.5 Å². The van der Waals surface area contributed by atoms with Gasteiger partial charge in [0.2, 0.25) is 0 Å². The van der Waals surface area contributed by atoms with Gasteiger partial charge in [-0.3, -0.25) is 0 Å². The van der Waals surface area contributed by atoms with E-state index in [0.717, 1.165) is 44.5 Å². The number of unbranched alkanes of at least 4 members (excludes halogenated alkanes) is 1. The van der Waals surface area contributed by atoms with Crippen molar-refractivity contribution in [3.05, 3.63) is 95.1 Å². The summed E-state index contributed by atoms with van der Waals surface area (Å²) < 4.78 is 0. The number of urea groups is 1. The van der Waals surface area contributed by atoms with Crippen molar-refractivity contribution >= 4 is 17.4 Å². The predicted octanol–water partition coefficient (Wildman–Crippen LogP) is 6.49. The summed E-state index contributed by atoms with van der Waals surface area (Å²) in [6.45, 7) is 4.98. The highest BCUT2D eigenvalue weighted by atomic mass is 16.2. The minimum absolute atomic E-state index is 0.119. The third-order valence-electron chi connectivity index (χ3n) is 7.09. The van der Waals surface area contributed by atoms with Crippen LogP contribution in [0.3, 0.4) is 0 Å². The van der Waals surface area contributed by atoms with Crippen LogP contribution in [0.15, 0.2) is 72.8 Å². The fraction of sp³-hybridized carbons (Fsp3) is 0.345. The van der Waals surface area contributed by atoms with E-state index in [1.165, 1.54) is 27.9 Å². The van der Waals surface area contributed by atoms with Gasteiger partial charge in [0.25, 0.3) is 0 Å². The Hall–Kier alpha value is -3.27.